The lowest BCUT2D eigenvalue weighted by atomic mass is 10.0. The molecule has 136 valence electrons. The number of amides is 1. The molecule has 0 bridgehead atoms. The van der Waals surface area contributed by atoms with Crippen LogP contribution in [0, 0.1) is 6.92 Å². The van der Waals surface area contributed by atoms with Gasteiger partial charge in [0.05, 0.1) is 17.8 Å². The molecule has 3 aromatic rings. The van der Waals surface area contributed by atoms with E-state index in [-0.39, 0.29) is 11.5 Å². The topological polar surface area (TPSA) is 66.1 Å². The van der Waals surface area contributed by atoms with Gasteiger partial charge in [-0.2, -0.15) is 0 Å². The fourth-order valence-electron chi connectivity index (χ4n) is 3.49. The highest BCUT2D eigenvalue weighted by molar-refractivity contribution is 5.94. The van der Waals surface area contributed by atoms with Crippen molar-refractivity contribution in [2.75, 3.05) is 6.54 Å². The van der Waals surface area contributed by atoms with Crippen molar-refractivity contribution in [3.05, 3.63) is 98.7 Å². The Morgan fingerprint density at radius 2 is 1.85 bits per heavy atom. The van der Waals surface area contributed by atoms with E-state index in [1.165, 1.54) is 5.56 Å². The maximum Gasteiger partial charge on any atom is 0.256 e. The first-order valence-electron chi connectivity index (χ1n) is 9.11. The third-order valence-electron chi connectivity index (χ3n) is 5.04. The Morgan fingerprint density at radius 3 is 2.63 bits per heavy atom. The average Bonchev–Trinajstić information content (AvgIpc) is 2.70. The van der Waals surface area contributed by atoms with Gasteiger partial charge in [-0.05, 0) is 30.2 Å². The van der Waals surface area contributed by atoms with Gasteiger partial charge >= 0.3 is 0 Å². The zero-order chi connectivity index (χ0) is 18.8. The van der Waals surface area contributed by atoms with Crippen molar-refractivity contribution in [1.29, 1.82) is 0 Å². The van der Waals surface area contributed by atoms with Crippen molar-refractivity contribution in [1.82, 2.24) is 14.9 Å². The molecule has 0 atom stereocenters. The second-order valence-corrected chi connectivity index (χ2v) is 6.88. The van der Waals surface area contributed by atoms with E-state index in [2.05, 4.69) is 29.0 Å². The number of nitrogens with one attached hydrogen (secondary N) is 1. The highest BCUT2D eigenvalue weighted by Gasteiger charge is 2.25. The standard InChI is InChI=1S/C22H21N3O2/c1-15-7-5-6-10-17(15)13-20-23-19-11-12-25(14-18(19)21(26)24-20)22(27)16-8-3-2-4-9-16/h2-10H,11-14H2,1H3,(H,23,24,26). The van der Waals surface area contributed by atoms with Crippen LogP contribution in [0.1, 0.15) is 38.6 Å². The quantitative estimate of drug-likeness (QED) is 0.782. The minimum absolute atomic E-state index is 0.0513. The normalized spacial score (nSPS) is 13.3. The number of benzene rings is 2. The van der Waals surface area contributed by atoms with Gasteiger partial charge in [-0.3, -0.25) is 9.59 Å². The van der Waals surface area contributed by atoms with Crippen molar-refractivity contribution in [2.24, 2.45) is 0 Å². The summed E-state index contributed by atoms with van der Waals surface area (Å²) >= 11 is 0. The molecule has 1 aliphatic rings. The number of aromatic nitrogens is 2. The van der Waals surface area contributed by atoms with E-state index >= 15 is 0 Å². The first kappa shape index (κ1) is 17.2. The van der Waals surface area contributed by atoms with Crippen LogP contribution in [0.15, 0.2) is 59.4 Å². The van der Waals surface area contributed by atoms with Crippen LogP contribution >= 0.6 is 0 Å². The van der Waals surface area contributed by atoms with E-state index in [9.17, 15) is 9.59 Å². The third-order valence-corrected chi connectivity index (χ3v) is 5.04. The first-order valence-corrected chi connectivity index (χ1v) is 9.11. The molecule has 5 heteroatoms. The van der Waals surface area contributed by atoms with Crippen LogP contribution in [-0.4, -0.2) is 27.3 Å². The molecule has 4 rings (SSSR count). The van der Waals surface area contributed by atoms with Crippen LogP contribution in [0.4, 0.5) is 0 Å². The predicted octanol–water partition coefficient (Wildman–Crippen LogP) is 2.87. The summed E-state index contributed by atoms with van der Waals surface area (Å²) in [6.45, 7) is 2.93. The van der Waals surface area contributed by atoms with Gasteiger partial charge in [0.15, 0.2) is 0 Å². The van der Waals surface area contributed by atoms with Crippen molar-refractivity contribution in [3.63, 3.8) is 0 Å². The predicted molar refractivity (Wildman–Crippen MR) is 104 cm³/mol. The van der Waals surface area contributed by atoms with Crippen LogP contribution < -0.4 is 5.56 Å². The average molecular weight is 359 g/mol. The van der Waals surface area contributed by atoms with Crippen LogP contribution in [0.2, 0.25) is 0 Å². The molecule has 1 aromatic heterocycles. The Balaban J connectivity index is 1.58. The minimum Gasteiger partial charge on any atom is -0.334 e. The Hall–Kier alpha value is -3.21. The number of hydrogen-bond acceptors (Lipinski definition) is 3. The molecule has 27 heavy (non-hydrogen) atoms. The summed E-state index contributed by atoms with van der Waals surface area (Å²) < 4.78 is 0. The fourth-order valence-corrected chi connectivity index (χ4v) is 3.49. The Morgan fingerprint density at radius 1 is 1.11 bits per heavy atom. The summed E-state index contributed by atoms with van der Waals surface area (Å²) in [4.78, 5) is 34.6. The molecule has 2 aromatic carbocycles. The smallest absolute Gasteiger partial charge is 0.256 e. The third kappa shape index (κ3) is 3.53. The highest BCUT2D eigenvalue weighted by Crippen LogP contribution is 2.18. The molecule has 1 N–H and O–H groups in total. The zero-order valence-corrected chi connectivity index (χ0v) is 15.2. The number of rotatable bonds is 3. The molecule has 0 saturated heterocycles. The van der Waals surface area contributed by atoms with E-state index < -0.39 is 0 Å². The lowest BCUT2D eigenvalue weighted by Gasteiger charge is -2.28. The summed E-state index contributed by atoms with van der Waals surface area (Å²) in [6, 6.07) is 17.3. The summed E-state index contributed by atoms with van der Waals surface area (Å²) in [6.07, 6.45) is 1.19. The van der Waals surface area contributed by atoms with Crippen molar-refractivity contribution >= 4 is 5.91 Å². The van der Waals surface area contributed by atoms with Gasteiger partial charge in [0, 0.05) is 24.9 Å². The number of H-pyrrole nitrogens is 1. The maximum absolute atomic E-state index is 12.7. The molecule has 1 amide bonds. The van der Waals surface area contributed by atoms with Gasteiger partial charge in [0.1, 0.15) is 5.82 Å². The van der Waals surface area contributed by atoms with E-state index in [1.54, 1.807) is 17.0 Å². The fraction of sp³-hybridized carbons (Fsp3) is 0.227. The lowest BCUT2D eigenvalue weighted by molar-refractivity contribution is 0.0732. The van der Waals surface area contributed by atoms with Crippen molar-refractivity contribution in [3.8, 4) is 0 Å². The van der Waals surface area contributed by atoms with Gasteiger partial charge in [-0.1, -0.05) is 42.5 Å². The van der Waals surface area contributed by atoms with Crippen LogP contribution in [0.25, 0.3) is 0 Å². The Labute approximate surface area is 157 Å². The number of nitrogens with zero attached hydrogens (tertiary/aromatic N) is 2. The number of carbonyl (C=O) groups excluding carboxylic acids is 1. The van der Waals surface area contributed by atoms with E-state index in [4.69, 9.17) is 0 Å². The largest absolute Gasteiger partial charge is 0.334 e. The Bertz CT molecular complexity index is 1040. The SMILES string of the molecule is Cc1ccccc1Cc1nc2c(c(=O)[nH]1)CN(C(=O)c1ccccc1)CC2. The second-order valence-electron chi connectivity index (χ2n) is 6.88. The first-order chi connectivity index (χ1) is 13.1. The molecule has 5 nitrogen and oxygen atoms in total. The van der Waals surface area contributed by atoms with E-state index in [0.717, 1.165) is 11.3 Å². The molecule has 0 saturated carbocycles. The molecule has 0 radical (unpaired) electrons. The van der Waals surface area contributed by atoms with Gasteiger partial charge in [0.2, 0.25) is 0 Å². The van der Waals surface area contributed by atoms with Gasteiger partial charge < -0.3 is 9.88 Å². The molecule has 1 aliphatic heterocycles. The van der Waals surface area contributed by atoms with E-state index in [1.807, 2.05) is 30.3 Å². The number of fused-ring (bicyclic) bond motifs is 1. The molecule has 0 fully saturated rings. The molecular formula is C22H21N3O2. The van der Waals surface area contributed by atoms with Crippen LogP contribution in [0.3, 0.4) is 0 Å². The highest BCUT2D eigenvalue weighted by atomic mass is 16.2. The van der Waals surface area contributed by atoms with Crippen molar-refractivity contribution < 1.29 is 4.79 Å². The summed E-state index contributed by atoms with van der Waals surface area (Å²) in [5.41, 5.74) is 4.23. The number of hydrogen-bond donors (Lipinski definition) is 1. The number of aryl methyl sites for hydroxylation is 1. The van der Waals surface area contributed by atoms with E-state index in [0.29, 0.717) is 42.9 Å². The summed E-state index contributed by atoms with van der Waals surface area (Å²) in [5.74, 6) is 0.625. The maximum atomic E-state index is 12.7. The molecule has 2 heterocycles. The summed E-state index contributed by atoms with van der Waals surface area (Å²) in [7, 11) is 0. The zero-order valence-electron chi connectivity index (χ0n) is 15.2. The monoisotopic (exact) mass is 359 g/mol. The summed E-state index contributed by atoms with van der Waals surface area (Å²) in [5, 5.41) is 0. The van der Waals surface area contributed by atoms with Crippen molar-refractivity contribution in [2.45, 2.75) is 26.3 Å². The van der Waals surface area contributed by atoms with Crippen LogP contribution in [0.5, 0.6) is 0 Å². The lowest BCUT2D eigenvalue weighted by Crippen LogP contribution is -2.39. The van der Waals surface area contributed by atoms with Crippen LogP contribution in [-0.2, 0) is 19.4 Å². The Kier molecular flexibility index (Phi) is 4.59. The molecule has 0 unspecified atom stereocenters. The molecule has 0 spiro atoms. The molecule has 0 aliphatic carbocycles. The second kappa shape index (κ2) is 7.19. The van der Waals surface area contributed by atoms with Gasteiger partial charge in [-0.15, -0.1) is 0 Å². The minimum atomic E-state index is -0.144. The number of aromatic amines is 1. The molecular weight excluding hydrogens is 338 g/mol. The van der Waals surface area contributed by atoms with Gasteiger partial charge in [-0.25, -0.2) is 4.98 Å². The number of carbonyl (C=O) groups is 1. The van der Waals surface area contributed by atoms with Gasteiger partial charge in [0.25, 0.3) is 11.5 Å².